The van der Waals surface area contributed by atoms with Crippen LogP contribution >= 0.6 is 11.6 Å². The molecule has 0 spiro atoms. The van der Waals surface area contributed by atoms with Gasteiger partial charge in [-0.15, -0.1) is 0 Å². The number of Topliss-reactive ketones (excluding diaryl/α,β-unsaturated/α-hetero) is 1. The number of hydrogen-bond acceptors (Lipinski definition) is 6. The number of carbonyl (C=O) groups excluding carboxylic acids is 2. The molecule has 2 rings (SSSR count). The number of aryl methyl sites for hydroxylation is 1. The number of aromatic nitrogens is 2. The van der Waals surface area contributed by atoms with E-state index in [1.807, 2.05) is 0 Å². The van der Waals surface area contributed by atoms with Crippen LogP contribution in [0.1, 0.15) is 48.4 Å². The fourth-order valence-corrected chi connectivity index (χ4v) is 2.06. The monoisotopic (exact) mass is 336 g/mol. The highest BCUT2D eigenvalue weighted by Gasteiger charge is 2.24. The molecule has 0 saturated heterocycles. The van der Waals surface area contributed by atoms with E-state index in [0.29, 0.717) is 16.4 Å². The molecule has 6 nitrogen and oxygen atoms in total. The summed E-state index contributed by atoms with van der Waals surface area (Å²) in [4.78, 5) is 28.2. The van der Waals surface area contributed by atoms with E-state index in [1.165, 1.54) is 0 Å². The topological polar surface area (TPSA) is 82.3 Å². The maximum absolute atomic E-state index is 12.1. The maximum atomic E-state index is 12.1. The van der Waals surface area contributed by atoms with E-state index in [9.17, 15) is 9.59 Å². The number of rotatable bonds is 6. The maximum Gasteiger partial charge on any atom is 0.309 e. The molecule has 0 N–H and O–H groups in total. The van der Waals surface area contributed by atoms with Crippen LogP contribution in [0, 0.1) is 12.8 Å². The van der Waals surface area contributed by atoms with Crippen LogP contribution in [0.3, 0.4) is 0 Å². The zero-order chi connectivity index (χ0) is 17.0. The minimum Gasteiger partial charge on any atom is -0.452 e. The lowest BCUT2D eigenvalue weighted by Crippen LogP contribution is -2.20. The lowest BCUT2D eigenvalue weighted by Gasteiger charge is -2.13. The highest BCUT2D eigenvalue weighted by Crippen LogP contribution is 2.19. The van der Waals surface area contributed by atoms with Gasteiger partial charge in [0, 0.05) is 17.0 Å². The van der Waals surface area contributed by atoms with Gasteiger partial charge in [-0.25, -0.2) is 0 Å². The van der Waals surface area contributed by atoms with Gasteiger partial charge in [-0.3, -0.25) is 9.59 Å². The Kier molecular flexibility index (Phi) is 5.50. The van der Waals surface area contributed by atoms with Crippen LogP contribution in [0.4, 0.5) is 0 Å². The Morgan fingerprint density at radius 1 is 1.26 bits per heavy atom. The predicted octanol–water partition coefficient (Wildman–Crippen LogP) is 3.54. The number of benzene rings is 1. The van der Waals surface area contributed by atoms with Crippen LogP contribution in [-0.4, -0.2) is 21.9 Å². The third-order valence-corrected chi connectivity index (χ3v) is 3.50. The van der Waals surface area contributed by atoms with Crippen molar-refractivity contribution in [3.8, 4) is 0 Å². The third-order valence-electron chi connectivity index (χ3n) is 3.24. The average molecular weight is 337 g/mol. The Labute approximate surface area is 138 Å². The molecule has 0 fully saturated rings. The molecule has 0 aliphatic heterocycles. The number of halogens is 1. The zero-order valence-corrected chi connectivity index (χ0v) is 13.8. The molecule has 0 amide bonds. The van der Waals surface area contributed by atoms with E-state index in [4.69, 9.17) is 20.9 Å². The van der Waals surface area contributed by atoms with Gasteiger partial charge in [0.25, 0.3) is 5.89 Å². The summed E-state index contributed by atoms with van der Waals surface area (Å²) in [5, 5.41) is 4.20. The first-order chi connectivity index (χ1) is 10.9. The second-order valence-electron chi connectivity index (χ2n) is 5.29. The molecule has 0 unspecified atom stereocenters. The van der Waals surface area contributed by atoms with E-state index >= 15 is 0 Å². The van der Waals surface area contributed by atoms with Crippen molar-refractivity contribution in [3.63, 3.8) is 0 Å². The van der Waals surface area contributed by atoms with Crippen LogP contribution in [0.25, 0.3) is 0 Å². The van der Waals surface area contributed by atoms with Crippen LogP contribution in [0.5, 0.6) is 0 Å². The molecule has 1 heterocycles. The van der Waals surface area contributed by atoms with Gasteiger partial charge in [0.05, 0.1) is 5.92 Å². The molecule has 0 aliphatic carbocycles. The highest BCUT2D eigenvalue weighted by molar-refractivity contribution is 6.30. The number of carbonyl (C=O) groups is 2. The van der Waals surface area contributed by atoms with Crippen molar-refractivity contribution in [1.82, 2.24) is 10.1 Å². The number of hydrogen-bond donors (Lipinski definition) is 0. The van der Waals surface area contributed by atoms with E-state index in [1.54, 1.807) is 45.0 Å². The normalized spacial score (nSPS) is 13.4. The number of ether oxygens (including phenoxy) is 1. The number of esters is 1. The molecule has 0 saturated carbocycles. The van der Waals surface area contributed by atoms with Gasteiger partial charge in [-0.2, -0.15) is 4.98 Å². The summed E-state index contributed by atoms with van der Waals surface area (Å²) in [5.41, 5.74) is 0.509. The third kappa shape index (κ3) is 4.63. The summed E-state index contributed by atoms with van der Waals surface area (Å²) >= 11 is 5.78. The molecule has 2 aromatic rings. The van der Waals surface area contributed by atoms with Gasteiger partial charge in [0.15, 0.2) is 17.7 Å². The van der Waals surface area contributed by atoms with Gasteiger partial charge >= 0.3 is 5.97 Å². The fourth-order valence-electron chi connectivity index (χ4n) is 1.93. The fraction of sp³-hybridized carbons (Fsp3) is 0.375. The lowest BCUT2D eigenvalue weighted by molar-refractivity contribution is -0.154. The summed E-state index contributed by atoms with van der Waals surface area (Å²) < 4.78 is 10.2. The Balaban J connectivity index is 1.91. The smallest absolute Gasteiger partial charge is 0.309 e. The Hall–Kier alpha value is -2.21. The van der Waals surface area contributed by atoms with Gasteiger partial charge in [-0.05, 0) is 38.1 Å². The van der Waals surface area contributed by atoms with E-state index in [2.05, 4.69) is 10.1 Å². The number of nitrogens with zero attached hydrogens (tertiary/aromatic N) is 2. The summed E-state index contributed by atoms with van der Waals surface area (Å²) in [7, 11) is 0. The molecule has 7 heteroatoms. The van der Waals surface area contributed by atoms with Gasteiger partial charge in [0.1, 0.15) is 0 Å². The van der Waals surface area contributed by atoms with E-state index in [-0.39, 0.29) is 18.1 Å². The summed E-state index contributed by atoms with van der Waals surface area (Å²) in [6.07, 6.45) is -0.604. The molecule has 0 bridgehead atoms. The quantitative estimate of drug-likeness (QED) is 0.592. The van der Waals surface area contributed by atoms with E-state index in [0.717, 1.165) is 0 Å². The Morgan fingerprint density at radius 2 is 1.91 bits per heavy atom. The molecule has 0 aliphatic rings. The predicted molar refractivity (Wildman–Crippen MR) is 83.1 cm³/mol. The van der Waals surface area contributed by atoms with Crippen LogP contribution < -0.4 is 0 Å². The van der Waals surface area contributed by atoms with Gasteiger partial charge in [0.2, 0.25) is 0 Å². The minimum atomic E-state index is -0.656. The molecule has 122 valence electrons. The van der Waals surface area contributed by atoms with Crippen LogP contribution in [-0.2, 0) is 9.53 Å². The van der Waals surface area contributed by atoms with Crippen molar-refractivity contribution >= 4 is 23.4 Å². The van der Waals surface area contributed by atoms with Crippen molar-refractivity contribution in [2.24, 2.45) is 5.92 Å². The van der Waals surface area contributed by atoms with Crippen molar-refractivity contribution in [1.29, 1.82) is 0 Å². The second-order valence-corrected chi connectivity index (χ2v) is 5.73. The van der Waals surface area contributed by atoms with Gasteiger partial charge in [-0.1, -0.05) is 23.7 Å². The van der Waals surface area contributed by atoms with Crippen LogP contribution in [0.15, 0.2) is 28.8 Å². The largest absolute Gasteiger partial charge is 0.452 e. The SMILES string of the molecule is Cc1noc([C@H](C)OC(=O)[C@H](C)CC(=O)c2ccc(Cl)cc2)n1. The lowest BCUT2D eigenvalue weighted by atomic mass is 10.00. The average Bonchev–Trinajstić information content (AvgIpc) is 2.94. The van der Waals surface area contributed by atoms with Crippen molar-refractivity contribution in [2.45, 2.75) is 33.3 Å². The van der Waals surface area contributed by atoms with E-state index < -0.39 is 18.0 Å². The van der Waals surface area contributed by atoms with Gasteiger partial charge < -0.3 is 9.26 Å². The molecule has 23 heavy (non-hydrogen) atoms. The Morgan fingerprint density at radius 3 is 2.48 bits per heavy atom. The van der Waals surface area contributed by atoms with Crippen molar-refractivity contribution in [2.75, 3.05) is 0 Å². The summed E-state index contributed by atoms with van der Waals surface area (Å²) in [6.45, 7) is 4.95. The molecule has 0 radical (unpaired) electrons. The second kappa shape index (κ2) is 7.37. The summed E-state index contributed by atoms with van der Waals surface area (Å²) in [6, 6.07) is 6.54. The van der Waals surface area contributed by atoms with Crippen molar-refractivity contribution < 1.29 is 18.8 Å². The highest BCUT2D eigenvalue weighted by atomic mass is 35.5. The first-order valence-electron chi connectivity index (χ1n) is 7.16. The summed E-state index contributed by atoms with van der Waals surface area (Å²) in [5.74, 6) is -0.520. The Bertz CT molecular complexity index is 696. The first-order valence-corrected chi connectivity index (χ1v) is 7.54. The molecular formula is C16H17ClN2O4. The molecule has 2 atom stereocenters. The minimum absolute atomic E-state index is 0.0516. The number of ketones is 1. The van der Waals surface area contributed by atoms with Crippen molar-refractivity contribution in [3.05, 3.63) is 46.6 Å². The standard InChI is InChI=1S/C16H17ClN2O4/c1-9(8-14(20)12-4-6-13(17)7-5-12)16(21)22-10(2)15-18-11(3)19-23-15/h4-7,9-10H,8H2,1-3H3/t9-,10+/m1/s1. The first kappa shape index (κ1) is 17.1. The molecule has 1 aromatic carbocycles. The molecular weight excluding hydrogens is 320 g/mol. The molecule has 1 aromatic heterocycles. The zero-order valence-electron chi connectivity index (χ0n) is 13.1. The van der Waals surface area contributed by atoms with Crippen LogP contribution in [0.2, 0.25) is 5.02 Å².